The summed E-state index contributed by atoms with van der Waals surface area (Å²) in [4.78, 5) is 31.2. The van der Waals surface area contributed by atoms with E-state index in [2.05, 4.69) is 39.6 Å². The average molecular weight is 416 g/mol. The van der Waals surface area contributed by atoms with Gasteiger partial charge >= 0.3 is 0 Å². The fourth-order valence-corrected chi connectivity index (χ4v) is 3.49. The minimum absolute atomic E-state index is 0.188. The highest BCUT2D eigenvalue weighted by Gasteiger charge is 2.10. The molecule has 2 aromatic carbocycles. The molecule has 0 aliphatic heterocycles. The van der Waals surface area contributed by atoms with Crippen molar-refractivity contribution in [1.29, 1.82) is 0 Å². The molecule has 0 saturated heterocycles. The summed E-state index contributed by atoms with van der Waals surface area (Å²) in [5, 5.41) is 2.58. The Morgan fingerprint density at radius 1 is 0.935 bits per heavy atom. The predicted octanol–water partition coefficient (Wildman–Crippen LogP) is 4.94. The van der Waals surface area contributed by atoms with E-state index in [1.807, 2.05) is 48.6 Å². The number of aromatic amines is 1. The van der Waals surface area contributed by atoms with E-state index < -0.39 is 0 Å². The van der Waals surface area contributed by atoms with Crippen LogP contribution in [0.25, 0.3) is 6.08 Å². The Morgan fingerprint density at radius 2 is 1.55 bits per heavy atom. The van der Waals surface area contributed by atoms with E-state index in [0.717, 1.165) is 32.1 Å². The monoisotopic (exact) mass is 415 g/mol. The van der Waals surface area contributed by atoms with Gasteiger partial charge in [0.2, 0.25) is 11.9 Å². The van der Waals surface area contributed by atoms with E-state index in [1.54, 1.807) is 0 Å². The number of nitrogens with one attached hydrogen (secondary N) is 2. The van der Waals surface area contributed by atoms with Crippen LogP contribution in [0.3, 0.4) is 0 Å². The summed E-state index contributed by atoms with van der Waals surface area (Å²) < 4.78 is 0. The lowest BCUT2D eigenvalue weighted by molar-refractivity contribution is -0.114. The summed E-state index contributed by atoms with van der Waals surface area (Å²) in [6.07, 6.45) is 9.23. The highest BCUT2D eigenvalue weighted by Crippen LogP contribution is 2.13. The van der Waals surface area contributed by atoms with Crippen molar-refractivity contribution >= 4 is 17.9 Å². The number of H-pyrrole nitrogens is 1. The Hall–Kier alpha value is -3.47. The van der Waals surface area contributed by atoms with Crippen molar-refractivity contribution in [2.45, 2.75) is 45.4 Å². The second-order valence-corrected chi connectivity index (χ2v) is 7.58. The van der Waals surface area contributed by atoms with Gasteiger partial charge in [-0.15, -0.1) is 0 Å². The number of nitrogens with zero attached hydrogens (tertiary/aromatic N) is 1. The van der Waals surface area contributed by atoms with Crippen molar-refractivity contribution in [3.8, 4) is 0 Å². The summed E-state index contributed by atoms with van der Waals surface area (Å²) in [6, 6.07) is 20.6. The minimum Gasteiger partial charge on any atom is -0.296 e. The van der Waals surface area contributed by atoms with Gasteiger partial charge in [0.05, 0.1) is 5.69 Å². The molecule has 1 aromatic heterocycles. The molecule has 0 atom stereocenters. The Kier molecular flexibility index (Phi) is 8.35. The molecule has 0 saturated carbocycles. The number of anilines is 1. The number of unbranched alkanes of at least 4 members (excludes halogenated alkanes) is 1. The van der Waals surface area contributed by atoms with Crippen LogP contribution >= 0.6 is 0 Å². The van der Waals surface area contributed by atoms with Gasteiger partial charge < -0.3 is 0 Å². The second-order valence-electron chi connectivity index (χ2n) is 7.58. The van der Waals surface area contributed by atoms with Crippen LogP contribution in [0.2, 0.25) is 0 Å². The van der Waals surface area contributed by atoms with Crippen LogP contribution < -0.4 is 10.9 Å². The maximum atomic E-state index is 12.7. The Bertz CT molecular complexity index is 1060. The third-order valence-electron chi connectivity index (χ3n) is 5.05. The molecule has 0 fully saturated rings. The fraction of sp³-hybridized carbons (Fsp3) is 0.269. The van der Waals surface area contributed by atoms with Crippen molar-refractivity contribution in [1.82, 2.24) is 9.97 Å². The summed E-state index contributed by atoms with van der Waals surface area (Å²) in [5.41, 5.74) is 3.67. The number of hydrogen-bond donors (Lipinski definition) is 2. The van der Waals surface area contributed by atoms with Crippen molar-refractivity contribution in [2.24, 2.45) is 0 Å². The zero-order chi connectivity index (χ0) is 21.9. The van der Waals surface area contributed by atoms with Crippen LogP contribution in [-0.4, -0.2) is 15.9 Å². The van der Waals surface area contributed by atoms with Crippen LogP contribution in [0.15, 0.2) is 71.5 Å². The molecule has 5 heteroatoms. The lowest BCUT2D eigenvalue weighted by Crippen LogP contribution is -2.21. The quantitative estimate of drug-likeness (QED) is 0.461. The maximum absolute atomic E-state index is 12.7. The standard InChI is InChI=1S/C26H29N3O2/c1-20(30)27-26-28-24(19-11-9-17-22-14-6-3-7-15-22)23(25(31)29-26)18-10-8-16-21-12-4-2-5-13-21/h2-7,11-15,19H,8-10,16-18H2,1H3,(H2,27,28,29,30,31)/b19-11+. The van der Waals surface area contributed by atoms with Gasteiger partial charge in [-0.3, -0.25) is 19.9 Å². The summed E-state index contributed by atoms with van der Waals surface area (Å²) >= 11 is 0. The molecule has 0 aliphatic carbocycles. The molecule has 0 unspecified atom stereocenters. The molecule has 0 aliphatic rings. The van der Waals surface area contributed by atoms with Gasteiger partial charge in [-0.2, -0.15) is 0 Å². The van der Waals surface area contributed by atoms with Crippen molar-refractivity contribution in [2.75, 3.05) is 5.32 Å². The smallest absolute Gasteiger partial charge is 0.256 e. The van der Waals surface area contributed by atoms with Crippen molar-refractivity contribution in [3.05, 3.63) is 99.5 Å². The largest absolute Gasteiger partial charge is 0.296 e. The van der Waals surface area contributed by atoms with Gasteiger partial charge in [0.1, 0.15) is 0 Å². The van der Waals surface area contributed by atoms with Gasteiger partial charge in [0.25, 0.3) is 5.56 Å². The molecule has 3 aromatic rings. The molecular formula is C26H29N3O2. The number of amides is 1. The second kappa shape index (κ2) is 11.6. The molecular weight excluding hydrogens is 386 g/mol. The molecule has 0 spiro atoms. The first-order chi connectivity index (χ1) is 15.1. The van der Waals surface area contributed by atoms with Gasteiger partial charge in [0, 0.05) is 12.5 Å². The third kappa shape index (κ3) is 7.37. The first-order valence-electron chi connectivity index (χ1n) is 10.8. The maximum Gasteiger partial charge on any atom is 0.256 e. The Labute approximate surface area is 183 Å². The van der Waals surface area contributed by atoms with Crippen molar-refractivity contribution < 1.29 is 4.79 Å². The summed E-state index contributed by atoms with van der Waals surface area (Å²) in [5.74, 6) is -0.0778. The molecule has 1 heterocycles. The molecule has 0 radical (unpaired) electrons. The van der Waals surface area contributed by atoms with Crippen molar-refractivity contribution in [3.63, 3.8) is 0 Å². The molecule has 0 bridgehead atoms. The van der Waals surface area contributed by atoms with E-state index in [-0.39, 0.29) is 17.4 Å². The van der Waals surface area contributed by atoms with E-state index in [1.165, 1.54) is 18.1 Å². The number of aryl methyl sites for hydroxylation is 2. The number of allylic oxidation sites excluding steroid dienone is 1. The number of rotatable bonds is 10. The predicted molar refractivity (Wildman–Crippen MR) is 126 cm³/mol. The Balaban J connectivity index is 1.67. The highest BCUT2D eigenvalue weighted by molar-refractivity contribution is 5.86. The fourth-order valence-electron chi connectivity index (χ4n) is 3.49. The number of benzene rings is 2. The van der Waals surface area contributed by atoms with Crippen LogP contribution in [0, 0.1) is 0 Å². The molecule has 31 heavy (non-hydrogen) atoms. The van der Waals surface area contributed by atoms with Gasteiger partial charge in [-0.1, -0.05) is 66.7 Å². The Morgan fingerprint density at radius 3 is 2.19 bits per heavy atom. The van der Waals surface area contributed by atoms with Gasteiger partial charge in [-0.25, -0.2) is 4.98 Å². The first kappa shape index (κ1) is 22.2. The molecule has 5 nitrogen and oxygen atoms in total. The van der Waals surface area contributed by atoms with E-state index in [4.69, 9.17) is 0 Å². The number of carbonyl (C=O) groups excluding carboxylic acids is 1. The normalized spacial score (nSPS) is 11.0. The van der Waals surface area contributed by atoms with Crippen LogP contribution in [-0.2, 0) is 24.1 Å². The lowest BCUT2D eigenvalue weighted by atomic mass is 10.0. The summed E-state index contributed by atoms with van der Waals surface area (Å²) in [7, 11) is 0. The third-order valence-corrected chi connectivity index (χ3v) is 5.05. The topological polar surface area (TPSA) is 74.8 Å². The zero-order valence-corrected chi connectivity index (χ0v) is 17.9. The highest BCUT2D eigenvalue weighted by atomic mass is 16.1. The minimum atomic E-state index is -0.266. The SMILES string of the molecule is CC(=O)Nc1nc(/C=C/CCc2ccccc2)c(CCCCc2ccccc2)c(=O)[nH]1. The molecule has 2 N–H and O–H groups in total. The van der Waals surface area contributed by atoms with Crippen LogP contribution in [0.4, 0.5) is 5.95 Å². The van der Waals surface area contributed by atoms with Crippen LogP contribution in [0.1, 0.15) is 48.6 Å². The van der Waals surface area contributed by atoms with Crippen LogP contribution in [0.5, 0.6) is 0 Å². The lowest BCUT2D eigenvalue weighted by Gasteiger charge is -2.08. The van der Waals surface area contributed by atoms with E-state index in [0.29, 0.717) is 17.7 Å². The van der Waals surface area contributed by atoms with E-state index >= 15 is 0 Å². The van der Waals surface area contributed by atoms with Gasteiger partial charge in [0.15, 0.2) is 0 Å². The molecule has 3 rings (SSSR count). The molecule has 160 valence electrons. The number of aromatic nitrogens is 2. The zero-order valence-electron chi connectivity index (χ0n) is 17.9. The summed E-state index contributed by atoms with van der Waals surface area (Å²) in [6.45, 7) is 1.40. The number of carbonyl (C=O) groups is 1. The van der Waals surface area contributed by atoms with E-state index in [9.17, 15) is 9.59 Å². The first-order valence-corrected chi connectivity index (χ1v) is 10.8. The number of hydrogen-bond acceptors (Lipinski definition) is 3. The van der Waals surface area contributed by atoms with Gasteiger partial charge in [-0.05, 0) is 55.7 Å². The molecule has 1 amide bonds. The average Bonchev–Trinajstić information content (AvgIpc) is 2.76.